The molecule has 0 unspecified atom stereocenters. The zero-order valence-corrected chi connectivity index (χ0v) is 38.1. The van der Waals surface area contributed by atoms with E-state index in [2.05, 4.69) is 73.9 Å². The third-order valence-electron chi connectivity index (χ3n) is 11.3. The van der Waals surface area contributed by atoms with Crippen LogP contribution >= 0.6 is 0 Å². The van der Waals surface area contributed by atoms with Crippen molar-refractivity contribution >= 4 is 11.0 Å². The van der Waals surface area contributed by atoms with Gasteiger partial charge in [-0.3, -0.25) is 9.55 Å². The molecular formula is C57H50N3OPt-. The number of imidazole rings is 1. The first-order chi connectivity index (χ1) is 31.8. The van der Waals surface area contributed by atoms with Crippen LogP contribution in [0.1, 0.15) is 71.0 Å². The van der Waals surface area contributed by atoms with Crippen molar-refractivity contribution in [3.05, 3.63) is 192 Å². The Labute approximate surface area is 388 Å². The molecule has 7 aromatic carbocycles. The van der Waals surface area contributed by atoms with Gasteiger partial charge < -0.3 is 5.11 Å². The SMILES string of the molecule is [2H]c1c([2H])c([2H])c(-c2ccnc(-c3[c-]c(-c4cccc5c4nc(-c4cc(C)cc(C)c4O)n5-c4cc(-c5ccccc5)c(C([2H])(C)C)cc4-c4ccccc4)cc(C(C)(C)C)c3)c2)c([2H])c1[2H].[Pt]. The van der Waals surface area contributed by atoms with Gasteiger partial charge in [0.05, 0.1) is 29.1 Å². The number of aromatic hydroxyl groups is 1. The van der Waals surface area contributed by atoms with Crippen molar-refractivity contribution in [2.75, 3.05) is 0 Å². The van der Waals surface area contributed by atoms with Gasteiger partial charge in [0.2, 0.25) is 0 Å². The number of rotatable bonds is 8. The number of phenolic OH excluding ortho intramolecular Hbond substituents is 1. The van der Waals surface area contributed by atoms with Crippen LogP contribution in [0, 0.1) is 19.9 Å². The smallest absolute Gasteiger partial charge is 0.148 e. The summed E-state index contributed by atoms with van der Waals surface area (Å²) < 4.78 is 53.7. The molecule has 0 aliphatic rings. The van der Waals surface area contributed by atoms with Crippen molar-refractivity contribution in [3.63, 3.8) is 0 Å². The summed E-state index contributed by atoms with van der Waals surface area (Å²) in [6, 6.07) is 44.1. The Hall–Kier alpha value is -6.35. The van der Waals surface area contributed by atoms with Crippen LogP contribution < -0.4 is 0 Å². The number of para-hydroxylation sites is 1. The summed E-state index contributed by atoms with van der Waals surface area (Å²) in [4.78, 5) is 10.3. The Bertz CT molecular complexity index is 3380. The van der Waals surface area contributed by atoms with Gasteiger partial charge in [0.15, 0.2) is 0 Å². The normalized spacial score (nSPS) is 13.1. The van der Waals surface area contributed by atoms with Crippen molar-refractivity contribution in [1.29, 1.82) is 0 Å². The fourth-order valence-electron chi connectivity index (χ4n) is 8.18. The van der Waals surface area contributed by atoms with Gasteiger partial charge in [-0.1, -0.05) is 161 Å². The molecule has 0 aliphatic heterocycles. The van der Waals surface area contributed by atoms with Crippen LogP contribution in [0.15, 0.2) is 164 Å². The maximum absolute atomic E-state index is 12.0. The number of aromatic nitrogens is 3. The van der Waals surface area contributed by atoms with Crippen LogP contribution in [0.3, 0.4) is 0 Å². The third kappa shape index (κ3) is 8.08. The Morgan fingerprint density at radius 3 is 2.03 bits per heavy atom. The predicted octanol–water partition coefficient (Wildman–Crippen LogP) is 15.0. The van der Waals surface area contributed by atoms with Crippen LogP contribution in [-0.4, -0.2) is 19.6 Å². The minimum Gasteiger partial charge on any atom is -0.507 e. The molecule has 9 rings (SSSR count). The zero-order valence-electron chi connectivity index (χ0n) is 41.8. The first-order valence-corrected chi connectivity index (χ1v) is 20.6. The third-order valence-corrected chi connectivity index (χ3v) is 11.3. The first-order valence-electron chi connectivity index (χ1n) is 23.6. The van der Waals surface area contributed by atoms with Crippen LogP contribution in [-0.2, 0) is 26.5 Å². The maximum atomic E-state index is 12.0. The Balaban J connectivity index is 0.00000625. The molecule has 0 bridgehead atoms. The van der Waals surface area contributed by atoms with E-state index in [1.54, 1.807) is 18.3 Å². The molecular weight excluding hydrogens is 938 g/mol. The largest absolute Gasteiger partial charge is 0.507 e. The van der Waals surface area contributed by atoms with E-state index < -0.39 is 24.0 Å². The van der Waals surface area contributed by atoms with Gasteiger partial charge in [0.1, 0.15) is 11.6 Å². The molecule has 0 atom stereocenters. The average molecular weight is 994 g/mol. The second-order valence-corrected chi connectivity index (χ2v) is 16.9. The second kappa shape index (κ2) is 17.2. The quantitative estimate of drug-likeness (QED) is 0.154. The summed E-state index contributed by atoms with van der Waals surface area (Å²) in [5.41, 5.74) is 13.1. The van der Waals surface area contributed by atoms with Crippen LogP contribution in [0.25, 0.3) is 83.9 Å². The van der Waals surface area contributed by atoms with Crippen molar-refractivity contribution in [3.8, 4) is 78.6 Å². The monoisotopic (exact) mass is 993 g/mol. The molecule has 5 heteroatoms. The van der Waals surface area contributed by atoms with Gasteiger partial charge in [0.25, 0.3) is 0 Å². The van der Waals surface area contributed by atoms with E-state index in [4.69, 9.17) is 16.8 Å². The summed E-state index contributed by atoms with van der Waals surface area (Å²) in [6.45, 7) is 14.2. The summed E-state index contributed by atoms with van der Waals surface area (Å²) in [5.74, 6) is -0.285. The molecule has 0 aliphatic carbocycles. The molecule has 310 valence electrons. The van der Waals surface area contributed by atoms with Crippen molar-refractivity contribution in [2.24, 2.45) is 0 Å². The molecule has 9 aromatic rings. The van der Waals surface area contributed by atoms with E-state index in [1.807, 2.05) is 100 Å². The molecule has 2 heterocycles. The van der Waals surface area contributed by atoms with Crippen molar-refractivity contribution < 1.29 is 34.4 Å². The van der Waals surface area contributed by atoms with Gasteiger partial charge >= 0.3 is 0 Å². The van der Waals surface area contributed by atoms with Crippen molar-refractivity contribution in [2.45, 2.75) is 59.8 Å². The average Bonchev–Trinajstić information content (AvgIpc) is 3.70. The topological polar surface area (TPSA) is 50.9 Å². The molecule has 62 heavy (non-hydrogen) atoms. The summed E-state index contributed by atoms with van der Waals surface area (Å²) in [5, 5.41) is 12.0. The second-order valence-electron chi connectivity index (χ2n) is 16.9. The molecule has 0 fully saturated rings. The van der Waals surface area contributed by atoms with E-state index >= 15 is 0 Å². The number of hydrogen-bond acceptors (Lipinski definition) is 3. The number of aryl methyl sites for hydroxylation is 2. The van der Waals surface area contributed by atoms with Gasteiger partial charge in [-0.2, -0.15) is 0 Å². The van der Waals surface area contributed by atoms with Crippen LogP contribution in [0.5, 0.6) is 5.75 Å². The molecule has 0 radical (unpaired) electrons. The van der Waals surface area contributed by atoms with E-state index in [0.29, 0.717) is 33.7 Å². The number of nitrogens with zero attached hydrogens (tertiary/aromatic N) is 3. The number of fused-ring (bicyclic) bond motifs is 1. The Morgan fingerprint density at radius 2 is 1.35 bits per heavy atom. The van der Waals surface area contributed by atoms with E-state index in [-0.39, 0.29) is 49.9 Å². The summed E-state index contributed by atoms with van der Waals surface area (Å²) in [7, 11) is 0. The van der Waals surface area contributed by atoms with Crippen molar-refractivity contribution in [1.82, 2.24) is 14.5 Å². The fraction of sp³-hybridized carbons (Fsp3) is 0.158. The molecule has 0 amide bonds. The standard InChI is InChI=1S/C57H50N3O.Pt/c1-36(2)47-34-49(41-22-15-10-16-23-41)53(35-48(47)40-20-13-9-14-21-40)60-52-25-17-24-46(54(52)59-56(60)50-29-37(3)28-38(4)55(50)61)43-30-44(32-45(31-43)57(5,6)7)51-33-42(26-27-58-51)39-18-11-8-12-19-39;/h8-29,31-36,61H,1-7H3;/q-1;/i8D,11D,12D,18D,19D,36D;. The minimum atomic E-state index is -0.957. The van der Waals surface area contributed by atoms with Crippen LogP contribution in [0.4, 0.5) is 0 Å². The molecule has 0 saturated carbocycles. The number of pyridine rings is 1. The van der Waals surface area contributed by atoms with E-state index in [0.717, 1.165) is 66.8 Å². The number of phenols is 1. The minimum absolute atomic E-state index is 0. The van der Waals surface area contributed by atoms with Gasteiger partial charge in [-0.15, -0.1) is 29.3 Å². The Kier molecular flexibility index (Phi) is 9.78. The van der Waals surface area contributed by atoms with E-state index in [9.17, 15) is 6.48 Å². The summed E-state index contributed by atoms with van der Waals surface area (Å²) >= 11 is 0. The molecule has 0 spiro atoms. The Morgan fingerprint density at radius 1 is 0.677 bits per heavy atom. The van der Waals surface area contributed by atoms with Gasteiger partial charge in [0, 0.05) is 39.9 Å². The molecule has 1 N–H and O–H groups in total. The van der Waals surface area contributed by atoms with Crippen LogP contribution in [0.2, 0.25) is 0 Å². The van der Waals surface area contributed by atoms with Gasteiger partial charge in [-0.05, 0) is 100.0 Å². The molecule has 4 nitrogen and oxygen atoms in total. The maximum Gasteiger partial charge on any atom is 0.148 e. The number of hydrogen-bond donors (Lipinski definition) is 1. The zero-order chi connectivity index (χ0) is 47.7. The fourth-order valence-corrected chi connectivity index (χ4v) is 8.18. The first kappa shape index (κ1) is 35.3. The number of benzene rings is 7. The van der Waals surface area contributed by atoms with E-state index in [1.165, 1.54) is 0 Å². The van der Waals surface area contributed by atoms with Gasteiger partial charge in [-0.25, -0.2) is 4.98 Å². The molecule has 0 saturated heterocycles. The molecule has 2 aromatic heterocycles. The summed E-state index contributed by atoms with van der Waals surface area (Å²) in [6.07, 6.45) is 1.59. The predicted molar refractivity (Wildman–Crippen MR) is 254 cm³/mol.